The molecule has 4 heteroatoms. The van der Waals surface area contributed by atoms with Crippen molar-refractivity contribution in [3.05, 3.63) is 18.0 Å². The van der Waals surface area contributed by atoms with E-state index in [4.69, 9.17) is 4.74 Å². The van der Waals surface area contributed by atoms with E-state index >= 15 is 0 Å². The second-order valence-electron chi connectivity index (χ2n) is 5.05. The third-order valence-electron chi connectivity index (χ3n) is 2.54. The summed E-state index contributed by atoms with van der Waals surface area (Å²) in [7, 11) is 3.62. The Kier molecular flexibility index (Phi) is 4.75. The fourth-order valence-corrected chi connectivity index (χ4v) is 1.47. The monoisotopic (exact) mass is 237 g/mol. The molecule has 0 unspecified atom stereocenters. The molecule has 17 heavy (non-hydrogen) atoms. The lowest BCUT2D eigenvalue weighted by atomic mass is 9.91. The molecule has 1 aromatic rings. The molecule has 0 aromatic carbocycles. The van der Waals surface area contributed by atoms with Gasteiger partial charge in [-0.25, -0.2) is 0 Å². The van der Waals surface area contributed by atoms with Crippen molar-refractivity contribution >= 4 is 5.69 Å². The van der Waals surface area contributed by atoms with Crippen LogP contribution in [0, 0.1) is 0 Å². The maximum Gasteiger partial charge on any atom is 0.145 e. The van der Waals surface area contributed by atoms with Crippen LogP contribution >= 0.6 is 0 Å². The molecule has 96 valence electrons. The fraction of sp³-hybridized carbons (Fsp3) is 0.615. The van der Waals surface area contributed by atoms with Gasteiger partial charge >= 0.3 is 0 Å². The number of pyridine rings is 1. The van der Waals surface area contributed by atoms with Gasteiger partial charge in [-0.1, -0.05) is 20.8 Å². The average molecular weight is 237 g/mol. The quantitative estimate of drug-likeness (QED) is 0.769. The third-order valence-corrected chi connectivity index (χ3v) is 2.54. The lowest BCUT2D eigenvalue weighted by molar-refractivity contribution is 0.413. The van der Waals surface area contributed by atoms with E-state index in [1.165, 1.54) is 0 Å². The molecule has 4 nitrogen and oxygen atoms in total. The first-order valence-electron chi connectivity index (χ1n) is 5.92. The van der Waals surface area contributed by atoms with Crippen molar-refractivity contribution in [2.75, 3.05) is 32.6 Å². The molecule has 1 heterocycles. The van der Waals surface area contributed by atoms with Gasteiger partial charge in [0.05, 0.1) is 19.0 Å². The van der Waals surface area contributed by atoms with E-state index < -0.39 is 0 Å². The van der Waals surface area contributed by atoms with Crippen LogP contribution in [0.5, 0.6) is 5.75 Å². The minimum atomic E-state index is 0.0385. The normalized spacial score (nSPS) is 11.4. The minimum absolute atomic E-state index is 0.0385. The topological polar surface area (TPSA) is 46.2 Å². The van der Waals surface area contributed by atoms with Crippen molar-refractivity contribution < 1.29 is 4.74 Å². The van der Waals surface area contributed by atoms with E-state index in [-0.39, 0.29) is 5.41 Å². The van der Waals surface area contributed by atoms with Gasteiger partial charge in [0.15, 0.2) is 0 Å². The Morgan fingerprint density at radius 1 is 1.29 bits per heavy atom. The number of methoxy groups -OCH3 is 1. The number of rotatable bonds is 5. The summed E-state index contributed by atoms with van der Waals surface area (Å²) >= 11 is 0. The molecule has 0 aliphatic heterocycles. The van der Waals surface area contributed by atoms with E-state index in [1.807, 2.05) is 19.3 Å². The number of anilines is 1. The van der Waals surface area contributed by atoms with Crippen LogP contribution in [0.1, 0.15) is 26.5 Å². The van der Waals surface area contributed by atoms with Crippen molar-refractivity contribution in [2.24, 2.45) is 0 Å². The van der Waals surface area contributed by atoms with Gasteiger partial charge in [-0.15, -0.1) is 0 Å². The summed E-state index contributed by atoms with van der Waals surface area (Å²) in [6.07, 6.45) is 1.84. The number of likely N-dealkylation sites (N-methyl/N-ethyl adjacent to an activating group) is 1. The molecule has 0 amide bonds. The highest BCUT2D eigenvalue weighted by molar-refractivity contribution is 5.55. The maximum atomic E-state index is 5.39. The Balaban J connectivity index is 2.86. The molecular formula is C13H23N3O. The first kappa shape index (κ1) is 13.8. The van der Waals surface area contributed by atoms with Crippen LogP contribution in [-0.4, -0.2) is 32.2 Å². The highest BCUT2D eigenvalue weighted by Gasteiger charge is 2.17. The zero-order valence-corrected chi connectivity index (χ0v) is 11.4. The molecule has 0 atom stereocenters. The van der Waals surface area contributed by atoms with Gasteiger partial charge in [-0.3, -0.25) is 4.98 Å². The second-order valence-corrected chi connectivity index (χ2v) is 5.05. The van der Waals surface area contributed by atoms with Crippen LogP contribution in [0.2, 0.25) is 0 Å². The Morgan fingerprint density at radius 2 is 2.00 bits per heavy atom. The summed E-state index contributed by atoms with van der Waals surface area (Å²) in [5, 5.41) is 6.38. The number of nitrogens with zero attached hydrogens (tertiary/aromatic N) is 1. The smallest absolute Gasteiger partial charge is 0.145 e. The van der Waals surface area contributed by atoms with Gasteiger partial charge < -0.3 is 15.4 Å². The van der Waals surface area contributed by atoms with Crippen molar-refractivity contribution in [3.8, 4) is 5.75 Å². The minimum Gasteiger partial charge on any atom is -0.494 e. The molecule has 0 aliphatic rings. The summed E-state index contributed by atoms with van der Waals surface area (Å²) in [4.78, 5) is 4.47. The molecule has 0 radical (unpaired) electrons. The molecule has 1 aromatic heterocycles. The molecule has 0 bridgehead atoms. The highest BCUT2D eigenvalue weighted by atomic mass is 16.5. The van der Waals surface area contributed by atoms with Crippen molar-refractivity contribution in [1.82, 2.24) is 10.3 Å². The second kappa shape index (κ2) is 5.87. The zero-order chi connectivity index (χ0) is 12.9. The highest BCUT2D eigenvalue weighted by Crippen LogP contribution is 2.29. The average Bonchev–Trinajstić information content (AvgIpc) is 2.28. The van der Waals surface area contributed by atoms with Crippen molar-refractivity contribution in [3.63, 3.8) is 0 Å². The Morgan fingerprint density at radius 3 is 2.53 bits per heavy atom. The predicted octanol–water partition coefficient (Wildman–Crippen LogP) is 2.02. The van der Waals surface area contributed by atoms with Crippen molar-refractivity contribution in [1.29, 1.82) is 0 Å². The van der Waals surface area contributed by atoms with Crippen LogP contribution in [0.15, 0.2) is 12.3 Å². The number of ether oxygens (including phenoxy) is 1. The van der Waals surface area contributed by atoms with Gasteiger partial charge in [0.2, 0.25) is 0 Å². The molecule has 2 N–H and O–H groups in total. The first-order chi connectivity index (χ1) is 7.99. The van der Waals surface area contributed by atoms with Gasteiger partial charge in [0.1, 0.15) is 5.75 Å². The Labute approximate surface area is 104 Å². The summed E-state index contributed by atoms with van der Waals surface area (Å²) in [6.45, 7) is 8.18. The van der Waals surface area contributed by atoms with E-state index in [0.29, 0.717) is 0 Å². The van der Waals surface area contributed by atoms with Crippen LogP contribution in [0.4, 0.5) is 5.69 Å². The number of hydrogen-bond acceptors (Lipinski definition) is 4. The lowest BCUT2D eigenvalue weighted by Gasteiger charge is -2.20. The zero-order valence-electron chi connectivity index (χ0n) is 11.4. The fourth-order valence-electron chi connectivity index (χ4n) is 1.47. The molecule has 0 spiro atoms. The molecule has 0 saturated heterocycles. The van der Waals surface area contributed by atoms with E-state index in [1.54, 1.807) is 7.11 Å². The van der Waals surface area contributed by atoms with E-state index in [0.717, 1.165) is 30.2 Å². The molecule has 0 saturated carbocycles. The first-order valence-corrected chi connectivity index (χ1v) is 5.92. The number of hydrogen-bond donors (Lipinski definition) is 2. The SMILES string of the molecule is CNCCNc1cnc(C(C)(C)C)cc1OC. The molecule has 1 rings (SSSR count). The third kappa shape index (κ3) is 3.89. The van der Waals surface area contributed by atoms with Gasteiger partial charge in [-0.05, 0) is 7.05 Å². The molecule has 0 aliphatic carbocycles. The summed E-state index contributed by atoms with van der Waals surface area (Å²) < 4.78 is 5.39. The van der Waals surface area contributed by atoms with Crippen LogP contribution in [-0.2, 0) is 5.41 Å². The molecule has 0 fully saturated rings. The van der Waals surface area contributed by atoms with Crippen LogP contribution < -0.4 is 15.4 Å². The van der Waals surface area contributed by atoms with Crippen molar-refractivity contribution in [2.45, 2.75) is 26.2 Å². The molecular weight excluding hydrogens is 214 g/mol. The van der Waals surface area contributed by atoms with Crippen LogP contribution in [0.25, 0.3) is 0 Å². The Hall–Kier alpha value is -1.29. The van der Waals surface area contributed by atoms with E-state index in [2.05, 4.69) is 36.4 Å². The Bertz CT molecular complexity index is 358. The maximum absolute atomic E-state index is 5.39. The van der Waals surface area contributed by atoms with Gasteiger partial charge in [-0.2, -0.15) is 0 Å². The summed E-state index contributed by atoms with van der Waals surface area (Å²) in [6, 6.07) is 2.00. The predicted molar refractivity (Wildman–Crippen MR) is 71.9 cm³/mol. The van der Waals surface area contributed by atoms with E-state index in [9.17, 15) is 0 Å². The number of nitrogens with one attached hydrogen (secondary N) is 2. The summed E-state index contributed by atoms with van der Waals surface area (Å²) in [5.41, 5.74) is 2.01. The number of aromatic nitrogens is 1. The van der Waals surface area contributed by atoms with Gasteiger partial charge in [0.25, 0.3) is 0 Å². The van der Waals surface area contributed by atoms with Gasteiger partial charge in [0, 0.05) is 30.3 Å². The largest absolute Gasteiger partial charge is 0.494 e. The summed E-state index contributed by atoms with van der Waals surface area (Å²) in [5.74, 6) is 0.848. The van der Waals surface area contributed by atoms with Crippen LogP contribution in [0.3, 0.4) is 0 Å². The standard InChI is InChI=1S/C13H23N3O/c1-13(2,3)12-8-11(17-5)10(9-16-12)15-7-6-14-4/h8-9,14-15H,6-7H2,1-5H3. The lowest BCUT2D eigenvalue weighted by Crippen LogP contribution is -2.19.